The zero-order valence-electron chi connectivity index (χ0n) is 9.75. The molecule has 1 heterocycles. The summed E-state index contributed by atoms with van der Waals surface area (Å²) in [6.07, 6.45) is 0.701. The lowest BCUT2D eigenvalue weighted by molar-refractivity contribution is -0.168. The van der Waals surface area contributed by atoms with E-state index in [1.807, 2.05) is 0 Å². The highest BCUT2D eigenvalue weighted by Crippen LogP contribution is 2.19. The Morgan fingerprint density at radius 2 is 1.93 bits per heavy atom. The standard InChI is InChI=1S/C11H21NO3/c1-11(2,3)15-10(14)9(13)8-4-6-12-7-5-8/h8-9,12-13H,4-7H2,1-3H3. The van der Waals surface area contributed by atoms with Crippen molar-refractivity contribution in [2.75, 3.05) is 13.1 Å². The minimum absolute atomic E-state index is 0.0427. The van der Waals surface area contributed by atoms with Crippen molar-refractivity contribution in [2.45, 2.75) is 45.3 Å². The number of hydrogen-bond acceptors (Lipinski definition) is 4. The molecule has 0 spiro atoms. The lowest BCUT2D eigenvalue weighted by Gasteiger charge is -2.28. The maximum absolute atomic E-state index is 11.6. The lowest BCUT2D eigenvalue weighted by atomic mass is 9.92. The molecule has 2 N–H and O–H groups in total. The van der Waals surface area contributed by atoms with Gasteiger partial charge in [0.1, 0.15) is 5.60 Å². The van der Waals surface area contributed by atoms with Crippen LogP contribution in [-0.2, 0) is 9.53 Å². The van der Waals surface area contributed by atoms with Crippen molar-refractivity contribution in [3.8, 4) is 0 Å². The monoisotopic (exact) mass is 215 g/mol. The SMILES string of the molecule is CC(C)(C)OC(=O)C(O)C1CCNCC1. The first-order valence-corrected chi connectivity index (χ1v) is 5.52. The second-order valence-corrected chi connectivity index (χ2v) is 5.07. The topological polar surface area (TPSA) is 58.6 Å². The van der Waals surface area contributed by atoms with Crippen LogP contribution in [0.2, 0.25) is 0 Å². The Labute approximate surface area is 91.0 Å². The van der Waals surface area contributed by atoms with Crippen molar-refractivity contribution in [3.05, 3.63) is 0 Å². The Balaban J connectivity index is 2.44. The molecule has 0 aliphatic carbocycles. The fourth-order valence-corrected chi connectivity index (χ4v) is 1.71. The van der Waals surface area contributed by atoms with E-state index in [2.05, 4.69) is 5.32 Å². The highest BCUT2D eigenvalue weighted by atomic mass is 16.6. The van der Waals surface area contributed by atoms with Gasteiger partial charge in [-0.05, 0) is 52.6 Å². The average molecular weight is 215 g/mol. The first kappa shape index (κ1) is 12.5. The third-order valence-corrected chi connectivity index (χ3v) is 2.48. The van der Waals surface area contributed by atoms with Gasteiger partial charge >= 0.3 is 5.97 Å². The van der Waals surface area contributed by atoms with Crippen LogP contribution in [-0.4, -0.2) is 35.9 Å². The molecule has 0 bridgehead atoms. The number of esters is 1. The predicted octanol–water partition coefficient (Wildman–Crippen LogP) is 0.689. The average Bonchev–Trinajstić information content (AvgIpc) is 2.15. The molecule has 0 saturated carbocycles. The Morgan fingerprint density at radius 3 is 2.40 bits per heavy atom. The number of nitrogens with one attached hydrogen (secondary N) is 1. The molecule has 0 aromatic heterocycles. The number of carbonyl (C=O) groups excluding carboxylic acids is 1. The molecule has 1 aliphatic rings. The van der Waals surface area contributed by atoms with E-state index in [4.69, 9.17) is 4.74 Å². The Hall–Kier alpha value is -0.610. The molecule has 0 radical (unpaired) electrons. The van der Waals surface area contributed by atoms with Crippen LogP contribution in [0.3, 0.4) is 0 Å². The zero-order chi connectivity index (χ0) is 11.5. The summed E-state index contributed by atoms with van der Waals surface area (Å²) in [5, 5.41) is 13.0. The van der Waals surface area contributed by atoms with E-state index in [9.17, 15) is 9.90 Å². The number of carbonyl (C=O) groups is 1. The van der Waals surface area contributed by atoms with Crippen LogP contribution < -0.4 is 5.32 Å². The Morgan fingerprint density at radius 1 is 1.40 bits per heavy atom. The van der Waals surface area contributed by atoms with Gasteiger partial charge in [0.05, 0.1) is 0 Å². The van der Waals surface area contributed by atoms with Crippen LogP contribution in [0, 0.1) is 5.92 Å². The number of rotatable bonds is 2. The largest absolute Gasteiger partial charge is 0.458 e. The van der Waals surface area contributed by atoms with Crippen molar-refractivity contribution >= 4 is 5.97 Å². The summed E-state index contributed by atoms with van der Waals surface area (Å²) in [5.41, 5.74) is -0.523. The molecule has 0 aromatic carbocycles. The van der Waals surface area contributed by atoms with Crippen molar-refractivity contribution in [3.63, 3.8) is 0 Å². The zero-order valence-corrected chi connectivity index (χ0v) is 9.75. The summed E-state index contributed by atoms with van der Waals surface area (Å²) in [5.74, 6) is -0.449. The number of piperidine rings is 1. The van der Waals surface area contributed by atoms with Gasteiger partial charge in [-0.2, -0.15) is 0 Å². The Bertz CT molecular complexity index is 216. The van der Waals surface area contributed by atoms with E-state index in [0.717, 1.165) is 25.9 Å². The molecule has 1 saturated heterocycles. The molecule has 4 nitrogen and oxygen atoms in total. The van der Waals surface area contributed by atoms with Gasteiger partial charge in [0, 0.05) is 0 Å². The number of hydrogen-bond donors (Lipinski definition) is 2. The smallest absolute Gasteiger partial charge is 0.335 e. The number of aliphatic hydroxyl groups is 1. The van der Waals surface area contributed by atoms with Gasteiger partial charge in [0.15, 0.2) is 6.10 Å². The molecule has 88 valence electrons. The van der Waals surface area contributed by atoms with Crippen LogP contribution in [0.1, 0.15) is 33.6 Å². The minimum atomic E-state index is -0.966. The lowest BCUT2D eigenvalue weighted by Crippen LogP contribution is -2.41. The van der Waals surface area contributed by atoms with E-state index in [-0.39, 0.29) is 5.92 Å². The minimum Gasteiger partial charge on any atom is -0.458 e. The summed E-state index contributed by atoms with van der Waals surface area (Å²) in [6.45, 7) is 7.15. The third-order valence-electron chi connectivity index (χ3n) is 2.48. The fourth-order valence-electron chi connectivity index (χ4n) is 1.71. The van der Waals surface area contributed by atoms with Gasteiger partial charge in [0.2, 0.25) is 0 Å². The number of aliphatic hydroxyl groups excluding tert-OH is 1. The highest BCUT2D eigenvalue weighted by molar-refractivity contribution is 5.75. The summed E-state index contributed by atoms with van der Waals surface area (Å²) >= 11 is 0. The molecular formula is C11H21NO3. The molecule has 4 heteroatoms. The molecule has 0 amide bonds. The van der Waals surface area contributed by atoms with Crippen molar-refractivity contribution in [2.24, 2.45) is 5.92 Å². The van der Waals surface area contributed by atoms with Crippen molar-refractivity contribution in [1.29, 1.82) is 0 Å². The molecule has 1 rings (SSSR count). The van der Waals surface area contributed by atoms with Crippen molar-refractivity contribution in [1.82, 2.24) is 5.32 Å². The van der Waals surface area contributed by atoms with Gasteiger partial charge < -0.3 is 15.2 Å². The summed E-state index contributed by atoms with van der Waals surface area (Å²) in [7, 11) is 0. The quantitative estimate of drug-likeness (QED) is 0.665. The second-order valence-electron chi connectivity index (χ2n) is 5.07. The molecule has 15 heavy (non-hydrogen) atoms. The van der Waals surface area contributed by atoms with E-state index in [1.165, 1.54) is 0 Å². The maximum atomic E-state index is 11.6. The van der Waals surface area contributed by atoms with Gasteiger partial charge in [-0.25, -0.2) is 4.79 Å². The first-order chi connectivity index (χ1) is 6.90. The molecular weight excluding hydrogens is 194 g/mol. The van der Waals surface area contributed by atoms with Crippen LogP contribution >= 0.6 is 0 Å². The van der Waals surface area contributed by atoms with Crippen LogP contribution in [0.5, 0.6) is 0 Å². The van der Waals surface area contributed by atoms with Crippen LogP contribution in [0.15, 0.2) is 0 Å². The molecule has 1 aliphatic heterocycles. The maximum Gasteiger partial charge on any atom is 0.335 e. The summed E-state index contributed by atoms with van der Waals surface area (Å²) < 4.78 is 5.14. The van der Waals surface area contributed by atoms with Crippen molar-refractivity contribution < 1.29 is 14.6 Å². The van der Waals surface area contributed by atoms with Gasteiger partial charge in [-0.1, -0.05) is 0 Å². The van der Waals surface area contributed by atoms with Gasteiger partial charge in [0.25, 0.3) is 0 Å². The van der Waals surface area contributed by atoms with Gasteiger partial charge in [-0.15, -0.1) is 0 Å². The normalized spacial score (nSPS) is 21.1. The second kappa shape index (κ2) is 4.94. The van der Waals surface area contributed by atoms with Gasteiger partial charge in [-0.3, -0.25) is 0 Å². The van der Waals surface area contributed by atoms with E-state index >= 15 is 0 Å². The fraction of sp³-hybridized carbons (Fsp3) is 0.909. The number of ether oxygens (including phenoxy) is 1. The first-order valence-electron chi connectivity index (χ1n) is 5.52. The predicted molar refractivity (Wildman–Crippen MR) is 57.4 cm³/mol. The highest BCUT2D eigenvalue weighted by Gasteiger charge is 2.30. The molecule has 1 fully saturated rings. The summed E-state index contributed by atoms with van der Waals surface area (Å²) in [4.78, 5) is 11.6. The van der Waals surface area contributed by atoms with E-state index in [1.54, 1.807) is 20.8 Å². The molecule has 1 unspecified atom stereocenters. The van der Waals surface area contributed by atoms with E-state index < -0.39 is 17.7 Å². The molecule has 1 atom stereocenters. The van der Waals surface area contributed by atoms with Crippen LogP contribution in [0.4, 0.5) is 0 Å². The molecule has 0 aromatic rings. The Kier molecular flexibility index (Phi) is 4.11. The van der Waals surface area contributed by atoms with Crippen LogP contribution in [0.25, 0.3) is 0 Å². The summed E-state index contributed by atoms with van der Waals surface area (Å²) in [6, 6.07) is 0. The van der Waals surface area contributed by atoms with E-state index in [0.29, 0.717) is 0 Å². The third kappa shape index (κ3) is 4.18.